The Morgan fingerprint density at radius 1 is 1.14 bits per heavy atom. The molecule has 0 unspecified atom stereocenters. The topological polar surface area (TPSA) is 72.9 Å². The van der Waals surface area contributed by atoms with Crippen LogP contribution in [0.2, 0.25) is 0 Å². The lowest BCUT2D eigenvalue weighted by molar-refractivity contribution is 0.299. The van der Waals surface area contributed by atoms with E-state index < -0.39 is 0 Å². The average molecular weight is 543 g/mol. The van der Waals surface area contributed by atoms with Gasteiger partial charge in [-0.2, -0.15) is 0 Å². The van der Waals surface area contributed by atoms with Gasteiger partial charge < -0.3 is 13.9 Å². The minimum atomic E-state index is 0. The van der Waals surface area contributed by atoms with Gasteiger partial charge >= 0.3 is 0 Å². The Balaban J connectivity index is 0.00000267. The summed E-state index contributed by atoms with van der Waals surface area (Å²) in [7, 11) is 1.99. The van der Waals surface area contributed by atoms with Crippen LogP contribution in [0, 0.1) is 26.7 Å². The van der Waals surface area contributed by atoms with Crippen LogP contribution in [0.15, 0.2) is 40.2 Å². The number of halogens is 1. The quantitative estimate of drug-likeness (QED) is 0.209. The molecule has 36 heavy (non-hydrogen) atoms. The van der Waals surface area contributed by atoms with E-state index in [-0.39, 0.29) is 12.4 Å². The van der Waals surface area contributed by atoms with Crippen molar-refractivity contribution >= 4 is 35.5 Å². The molecule has 1 aromatic carbocycles. The van der Waals surface area contributed by atoms with Crippen LogP contribution in [0.3, 0.4) is 0 Å². The monoisotopic (exact) mass is 542 g/mol. The Bertz CT molecular complexity index is 1360. The van der Waals surface area contributed by atoms with Crippen molar-refractivity contribution in [3.63, 3.8) is 0 Å². The number of thioether (sulfide) groups is 1. The first-order valence-electron chi connectivity index (χ1n) is 12.1. The van der Waals surface area contributed by atoms with Crippen LogP contribution >= 0.6 is 35.5 Å². The van der Waals surface area contributed by atoms with Gasteiger partial charge in [0.1, 0.15) is 0 Å². The first kappa shape index (κ1) is 25.4. The van der Waals surface area contributed by atoms with Gasteiger partial charge in [-0.25, -0.2) is 9.97 Å². The predicted octanol–water partition coefficient (Wildman–Crippen LogP) is 5.70. The predicted molar refractivity (Wildman–Crippen MR) is 147 cm³/mol. The third kappa shape index (κ3) is 4.51. The maximum absolute atomic E-state index is 5.48. The highest BCUT2D eigenvalue weighted by Gasteiger charge is 2.60. The van der Waals surface area contributed by atoms with E-state index in [0.29, 0.717) is 11.2 Å². The van der Waals surface area contributed by atoms with Crippen molar-refractivity contribution in [2.75, 3.05) is 25.4 Å². The molecule has 4 aromatic rings. The molecule has 2 atom stereocenters. The van der Waals surface area contributed by atoms with Crippen molar-refractivity contribution < 1.29 is 4.42 Å². The molecule has 0 amide bonds. The van der Waals surface area contributed by atoms with Crippen LogP contribution in [0.5, 0.6) is 0 Å². The van der Waals surface area contributed by atoms with Crippen molar-refractivity contribution in [3.8, 4) is 22.0 Å². The normalized spacial score (nSPS) is 20.9. The lowest BCUT2D eigenvalue weighted by Gasteiger charge is -2.21. The molecule has 190 valence electrons. The number of hydrogen-bond acceptors (Lipinski definition) is 8. The fourth-order valence-electron chi connectivity index (χ4n) is 5.56. The summed E-state index contributed by atoms with van der Waals surface area (Å²) in [6.45, 7) is 9.65. The molecule has 0 radical (unpaired) electrons. The summed E-state index contributed by atoms with van der Waals surface area (Å²) < 4.78 is 7.48. The zero-order valence-electron chi connectivity index (χ0n) is 21.0. The molecule has 10 heteroatoms. The molecule has 4 heterocycles. The number of aromatic nitrogens is 5. The van der Waals surface area contributed by atoms with Crippen LogP contribution < -0.4 is 0 Å². The Morgan fingerprint density at radius 2 is 1.94 bits per heavy atom. The highest BCUT2D eigenvalue weighted by Crippen LogP contribution is 2.59. The second-order valence-corrected chi connectivity index (χ2v) is 12.1. The fraction of sp³-hybridized carbons (Fsp3) is 0.462. The standard InChI is InChI=1S/C26H30N6OS2.ClH/c1-16-22(33-15-27-16)24-29-30-25(31(24)4)34-11-5-10-32-13-21-12-26(21,14-32)20-8-6-19(7-9-20)23-17(2)28-18(3)35-23;/h6-9,15,21H,5,10-14H2,1-4H3;1H/t21-,26+;/m1./s1. The van der Waals surface area contributed by atoms with Crippen molar-refractivity contribution in [2.45, 2.75) is 44.2 Å². The summed E-state index contributed by atoms with van der Waals surface area (Å²) in [5.74, 6) is 3.26. The molecule has 6 rings (SSSR count). The lowest BCUT2D eigenvalue weighted by atomic mass is 9.94. The molecule has 1 aliphatic heterocycles. The van der Waals surface area contributed by atoms with Gasteiger partial charge in [0, 0.05) is 31.3 Å². The smallest absolute Gasteiger partial charge is 0.202 e. The van der Waals surface area contributed by atoms with Gasteiger partial charge in [0.25, 0.3) is 0 Å². The molecule has 1 saturated heterocycles. The number of oxazole rings is 1. The molecule has 0 N–H and O–H groups in total. The maximum atomic E-state index is 5.48. The van der Waals surface area contributed by atoms with Gasteiger partial charge in [0.2, 0.25) is 5.82 Å². The number of rotatable bonds is 8. The van der Waals surface area contributed by atoms with E-state index in [1.807, 2.05) is 18.5 Å². The Labute approximate surface area is 226 Å². The molecular formula is C26H31ClN6OS2. The zero-order chi connectivity index (χ0) is 24.2. The highest BCUT2D eigenvalue weighted by atomic mass is 35.5. The van der Waals surface area contributed by atoms with Gasteiger partial charge in [-0.15, -0.1) is 33.9 Å². The summed E-state index contributed by atoms with van der Waals surface area (Å²) in [4.78, 5) is 12.7. The third-order valence-electron chi connectivity index (χ3n) is 7.48. The SMILES string of the molecule is Cc1nc(C)c(-c2ccc([C@@]34C[C@@H]3CN(CCCSc3nnc(-c5ocnc5C)n3C)C4)cc2)s1.Cl. The van der Waals surface area contributed by atoms with Crippen LogP contribution in [-0.2, 0) is 12.5 Å². The van der Waals surface area contributed by atoms with Gasteiger partial charge in [-0.05, 0) is 57.2 Å². The number of nitrogens with zero attached hydrogens (tertiary/aromatic N) is 6. The number of hydrogen-bond donors (Lipinski definition) is 0. The zero-order valence-corrected chi connectivity index (χ0v) is 23.5. The Morgan fingerprint density at radius 3 is 2.64 bits per heavy atom. The van der Waals surface area contributed by atoms with Crippen LogP contribution in [0.4, 0.5) is 0 Å². The molecule has 7 nitrogen and oxygen atoms in total. The molecule has 1 saturated carbocycles. The number of thiazole rings is 1. The first-order chi connectivity index (χ1) is 16.9. The summed E-state index contributed by atoms with van der Waals surface area (Å²) >= 11 is 3.55. The summed E-state index contributed by atoms with van der Waals surface area (Å²) in [6.07, 6.45) is 3.93. The molecular weight excluding hydrogens is 512 g/mol. The van der Waals surface area contributed by atoms with Crippen molar-refractivity contribution in [2.24, 2.45) is 13.0 Å². The van der Waals surface area contributed by atoms with E-state index in [2.05, 4.69) is 63.2 Å². The summed E-state index contributed by atoms with van der Waals surface area (Å²) in [5, 5.41) is 10.7. The molecule has 0 spiro atoms. The number of likely N-dealkylation sites (tertiary alicyclic amines) is 1. The van der Waals surface area contributed by atoms with Gasteiger partial charge in [0.05, 0.1) is 21.3 Å². The second-order valence-electron chi connectivity index (χ2n) is 9.85. The van der Waals surface area contributed by atoms with Crippen molar-refractivity contribution in [1.82, 2.24) is 29.6 Å². The van der Waals surface area contributed by atoms with E-state index >= 15 is 0 Å². The van der Waals surface area contributed by atoms with E-state index in [4.69, 9.17) is 4.42 Å². The number of fused-ring (bicyclic) bond motifs is 1. The van der Waals surface area contributed by atoms with E-state index in [0.717, 1.165) is 52.0 Å². The minimum Gasteiger partial charge on any atom is -0.440 e. The van der Waals surface area contributed by atoms with Gasteiger partial charge in [-0.3, -0.25) is 0 Å². The first-order valence-corrected chi connectivity index (χ1v) is 13.9. The number of piperidine rings is 1. The van der Waals surface area contributed by atoms with E-state index in [9.17, 15) is 0 Å². The lowest BCUT2D eigenvalue weighted by Crippen LogP contribution is -2.27. The molecule has 2 aliphatic rings. The van der Waals surface area contributed by atoms with Crippen molar-refractivity contribution in [3.05, 3.63) is 52.6 Å². The Kier molecular flexibility index (Phi) is 7.02. The molecule has 2 fully saturated rings. The van der Waals surface area contributed by atoms with Gasteiger partial charge in [-0.1, -0.05) is 36.0 Å². The largest absolute Gasteiger partial charge is 0.440 e. The van der Waals surface area contributed by atoms with Gasteiger partial charge in [0.15, 0.2) is 17.3 Å². The van der Waals surface area contributed by atoms with E-state index in [1.165, 1.54) is 41.9 Å². The van der Waals surface area contributed by atoms with Crippen molar-refractivity contribution in [1.29, 1.82) is 0 Å². The second kappa shape index (κ2) is 9.93. The molecule has 3 aromatic heterocycles. The number of benzene rings is 1. The fourth-order valence-corrected chi connectivity index (χ4v) is 7.32. The highest BCUT2D eigenvalue weighted by molar-refractivity contribution is 7.99. The number of aryl methyl sites for hydroxylation is 3. The maximum Gasteiger partial charge on any atom is 0.202 e. The Hall–Kier alpha value is -2.20. The third-order valence-corrected chi connectivity index (χ3v) is 9.70. The van der Waals surface area contributed by atoms with E-state index in [1.54, 1.807) is 23.1 Å². The molecule has 1 aliphatic carbocycles. The van der Waals surface area contributed by atoms with Crippen LogP contribution in [-0.4, -0.2) is 55.0 Å². The van der Waals surface area contributed by atoms with Crippen LogP contribution in [0.25, 0.3) is 22.0 Å². The van der Waals surface area contributed by atoms with Crippen LogP contribution in [0.1, 0.15) is 34.8 Å². The molecule has 0 bridgehead atoms. The minimum absolute atomic E-state index is 0. The summed E-state index contributed by atoms with van der Waals surface area (Å²) in [5.41, 5.74) is 5.15. The average Bonchev–Trinajstić information content (AvgIpc) is 3.25. The summed E-state index contributed by atoms with van der Waals surface area (Å²) in [6, 6.07) is 9.33.